The molecule has 0 spiro atoms. The minimum atomic E-state index is -2.86. The molecule has 0 atom stereocenters. The SMILES string of the molecule is CCOC(=O)c1cn(Cc2ccc3ncc(Cl)cc3c2)nc1C(F)F.CCOC(=O)c1cn(Cc2ccc3ncc(Cl)cc3c2)nc1C=O. The van der Waals surface area contributed by atoms with Gasteiger partial charge in [-0.15, -0.1) is 0 Å². The lowest BCUT2D eigenvalue weighted by Crippen LogP contribution is -2.06. The van der Waals surface area contributed by atoms with Gasteiger partial charge in [0.2, 0.25) is 0 Å². The third kappa shape index (κ3) is 8.61. The van der Waals surface area contributed by atoms with E-state index in [9.17, 15) is 23.2 Å². The number of rotatable bonds is 10. The summed E-state index contributed by atoms with van der Waals surface area (Å²) in [5, 5.41) is 10.8. The average Bonchev–Trinajstić information content (AvgIpc) is 3.69. The second-order valence-electron chi connectivity index (χ2n) is 10.5. The van der Waals surface area contributed by atoms with Crippen molar-refractivity contribution in [1.29, 1.82) is 0 Å². The summed E-state index contributed by atoms with van der Waals surface area (Å²) in [4.78, 5) is 43.2. The maximum absolute atomic E-state index is 13.1. The van der Waals surface area contributed by atoms with Crippen molar-refractivity contribution in [2.45, 2.75) is 33.4 Å². The third-order valence-electron chi connectivity index (χ3n) is 7.00. The predicted octanol–water partition coefficient (Wildman–Crippen LogP) is 7.37. The van der Waals surface area contributed by atoms with Gasteiger partial charge in [0.05, 0.1) is 47.4 Å². The van der Waals surface area contributed by atoms with Crippen LogP contribution in [0.3, 0.4) is 0 Å². The lowest BCUT2D eigenvalue weighted by Gasteiger charge is -2.04. The van der Waals surface area contributed by atoms with E-state index in [-0.39, 0.29) is 36.6 Å². The van der Waals surface area contributed by atoms with Crippen LogP contribution in [0.15, 0.2) is 73.3 Å². The van der Waals surface area contributed by atoms with Gasteiger partial charge in [0.25, 0.3) is 6.43 Å². The van der Waals surface area contributed by atoms with Crippen molar-refractivity contribution in [2.75, 3.05) is 13.2 Å². The number of nitrogens with zero attached hydrogens (tertiary/aromatic N) is 6. The van der Waals surface area contributed by atoms with Gasteiger partial charge in [-0.05, 0) is 61.4 Å². The number of aromatic nitrogens is 6. The maximum atomic E-state index is 13.1. The number of aldehydes is 1. The number of ether oxygens (including phenoxy) is 2. The number of hydrogen-bond acceptors (Lipinski definition) is 9. The summed E-state index contributed by atoms with van der Waals surface area (Å²) in [5.74, 6) is -1.36. The van der Waals surface area contributed by atoms with E-state index in [0.717, 1.165) is 32.9 Å². The number of carbonyl (C=O) groups excluding carboxylic acids is 3. The normalized spacial score (nSPS) is 11.0. The predicted molar refractivity (Wildman–Crippen MR) is 178 cm³/mol. The number of hydrogen-bond donors (Lipinski definition) is 0. The Morgan fingerprint density at radius 2 is 1.27 bits per heavy atom. The summed E-state index contributed by atoms with van der Waals surface area (Å²) in [6, 6.07) is 14.8. The molecule has 0 amide bonds. The maximum Gasteiger partial charge on any atom is 0.342 e. The molecule has 2 aromatic carbocycles. The first-order valence-electron chi connectivity index (χ1n) is 14.9. The molecule has 0 aliphatic carbocycles. The molecule has 0 radical (unpaired) electrons. The molecule has 4 aromatic heterocycles. The monoisotopic (exact) mass is 708 g/mol. The molecular weight excluding hydrogens is 681 g/mol. The lowest BCUT2D eigenvalue weighted by atomic mass is 10.1. The molecule has 252 valence electrons. The van der Waals surface area contributed by atoms with E-state index in [4.69, 9.17) is 32.7 Å². The molecule has 0 aliphatic rings. The third-order valence-corrected chi connectivity index (χ3v) is 7.42. The number of esters is 2. The van der Waals surface area contributed by atoms with Crippen molar-refractivity contribution in [3.63, 3.8) is 0 Å². The summed E-state index contributed by atoms with van der Waals surface area (Å²) in [6.07, 6.45) is 3.63. The fourth-order valence-corrected chi connectivity index (χ4v) is 5.23. The largest absolute Gasteiger partial charge is 0.462 e. The first-order valence-corrected chi connectivity index (χ1v) is 15.6. The molecule has 0 bridgehead atoms. The van der Waals surface area contributed by atoms with Gasteiger partial charge in [-0.1, -0.05) is 35.3 Å². The van der Waals surface area contributed by atoms with Crippen LogP contribution in [0.1, 0.15) is 68.3 Å². The van der Waals surface area contributed by atoms with Crippen molar-refractivity contribution in [1.82, 2.24) is 29.5 Å². The highest BCUT2D eigenvalue weighted by molar-refractivity contribution is 6.31. The van der Waals surface area contributed by atoms with E-state index in [1.807, 2.05) is 42.5 Å². The fraction of sp³-hybridized carbons (Fsp3) is 0.206. The Balaban J connectivity index is 0.000000191. The molecule has 0 N–H and O–H groups in total. The summed E-state index contributed by atoms with van der Waals surface area (Å²) in [7, 11) is 0. The summed E-state index contributed by atoms with van der Waals surface area (Å²) in [6.45, 7) is 4.28. The summed E-state index contributed by atoms with van der Waals surface area (Å²) in [5.41, 5.74) is 2.80. The summed E-state index contributed by atoms with van der Waals surface area (Å²) >= 11 is 11.9. The van der Waals surface area contributed by atoms with E-state index < -0.39 is 24.1 Å². The molecule has 0 saturated carbocycles. The summed E-state index contributed by atoms with van der Waals surface area (Å²) < 4.78 is 38.8. The molecule has 11 nitrogen and oxygen atoms in total. The van der Waals surface area contributed by atoms with Gasteiger partial charge in [-0.2, -0.15) is 10.2 Å². The highest BCUT2D eigenvalue weighted by Gasteiger charge is 2.24. The molecule has 15 heteroatoms. The Morgan fingerprint density at radius 1 is 0.776 bits per heavy atom. The number of carbonyl (C=O) groups is 3. The topological polar surface area (TPSA) is 131 Å². The minimum absolute atomic E-state index is 0.0685. The zero-order valence-electron chi connectivity index (χ0n) is 26.1. The average molecular weight is 710 g/mol. The van der Waals surface area contributed by atoms with Gasteiger partial charge in [-0.25, -0.2) is 18.4 Å². The molecule has 0 saturated heterocycles. The van der Waals surface area contributed by atoms with Gasteiger partial charge < -0.3 is 9.47 Å². The minimum Gasteiger partial charge on any atom is -0.462 e. The molecule has 0 aliphatic heterocycles. The molecule has 6 aromatic rings. The van der Waals surface area contributed by atoms with Crippen molar-refractivity contribution in [3.05, 3.63) is 117 Å². The number of alkyl halides is 2. The van der Waals surface area contributed by atoms with E-state index >= 15 is 0 Å². The van der Waals surface area contributed by atoms with Crippen LogP contribution < -0.4 is 0 Å². The van der Waals surface area contributed by atoms with Gasteiger partial charge >= 0.3 is 11.9 Å². The smallest absolute Gasteiger partial charge is 0.342 e. The zero-order valence-corrected chi connectivity index (χ0v) is 27.7. The zero-order chi connectivity index (χ0) is 35.1. The molecule has 4 heterocycles. The van der Waals surface area contributed by atoms with E-state index in [2.05, 4.69) is 20.2 Å². The van der Waals surface area contributed by atoms with Crippen LogP contribution in [-0.4, -0.2) is 61.0 Å². The Bertz CT molecular complexity index is 2150. The lowest BCUT2D eigenvalue weighted by molar-refractivity contribution is 0.0510. The van der Waals surface area contributed by atoms with Crippen molar-refractivity contribution in [3.8, 4) is 0 Å². The Kier molecular flexibility index (Phi) is 11.3. The Morgan fingerprint density at radius 3 is 1.76 bits per heavy atom. The molecule has 0 unspecified atom stereocenters. The second-order valence-corrected chi connectivity index (χ2v) is 11.3. The van der Waals surface area contributed by atoms with Crippen LogP contribution in [0.4, 0.5) is 8.78 Å². The number of fused-ring (bicyclic) bond motifs is 2. The highest BCUT2D eigenvalue weighted by Crippen LogP contribution is 2.24. The highest BCUT2D eigenvalue weighted by atomic mass is 35.5. The van der Waals surface area contributed by atoms with E-state index in [1.165, 1.54) is 21.8 Å². The van der Waals surface area contributed by atoms with Crippen LogP contribution >= 0.6 is 23.2 Å². The quantitative estimate of drug-likeness (QED) is 0.106. The van der Waals surface area contributed by atoms with Gasteiger partial charge in [0.1, 0.15) is 22.5 Å². The van der Waals surface area contributed by atoms with E-state index in [0.29, 0.717) is 22.9 Å². The van der Waals surface area contributed by atoms with Crippen LogP contribution in [0, 0.1) is 0 Å². The molecular formula is C34H28Cl2F2N6O5. The molecule has 0 fully saturated rings. The number of pyridine rings is 2. The van der Waals surface area contributed by atoms with Crippen molar-refractivity contribution >= 4 is 63.2 Å². The van der Waals surface area contributed by atoms with Crippen LogP contribution in [0.25, 0.3) is 21.8 Å². The van der Waals surface area contributed by atoms with Gasteiger partial charge in [-0.3, -0.25) is 24.1 Å². The van der Waals surface area contributed by atoms with Gasteiger partial charge in [0.15, 0.2) is 6.29 Å². The van der Waals surface area contributed by atoms with E-state index in [1.54, 1.807) is 32.3 Å². The first-order chi connectivity index (χ1) is 23.6. The first kappa shape index (κ1) is 35.0. The number of benzene rings is 2. The van der Waals surface area contributed by atoms with Gasteiger partial charge in [0, 0.05) is 35.6 Å². The fourth-order valence-electron chi connectivity index (χ4n) is 4.89. The molecule has 49 heavy (non-hydrogen) atoms. The second kappa shape index (κ2) is 15.8. The van der Waals surface area contributed by atoms with Crippen LogP contribution in [0.2, 0.25) is 10.0 Å². The standard InChI is InChI=1S/C17H14ClF2N3O2.C17H14ClN3O3/c1-2-25-17(24)13-9-23(22-15(13)16(19)20)8-10-3-4-14-11(5-10)6-12(18)7-21-14;1-2-24-17(23)14-9-21(20-16(14)10-22)8-11-3-4-15-12(5-11)6-13(18)7-19-15/h3-7,9,16H,2,8H2,1H3;3-7,9-10H,2,8H2,1H3. The van der Waals surface area contributed by atoms with Crippen LogP contribution in [0.5, 0.6) is 0 Å². The Hall–Kier alpha value is -5.27. The number of halogens is 4. The Labute approximate surface area is 288 Å². The van der Waals surface area contributed by atoms with Crippen molar-refractivity contribution < 1.29 is 32.6 Å². The van der Waals surface area contributed by atoms with Crippen LogP contribution in [-0.2, 0) is 22.6 Å². The molecule has 6 rings (SSSR count). The van der Waals surface area contributed by atoms with Crippen molar-refractivity contribution in [2.24, 2.45) is 0 Å².